The SMILES string of the molecule is COCC(C)Oc1c([C@H](C)O)cc(Br)cc1[N+](=O)[O-]. The van der Waals surface area contributed by atoms with Gasteiger partial charge in [0.15, 0.2) is 0 Å². The number of nitro benzene ring substituents is 1. The Labute approximate surface area is 119 Å². The minimum absolute atomic E-state index is 0.0766. The predicted molar refractivity (Wildman–Crippen MR) is 73.4 cm³/mol. The molecule has 0 spiro atoms. The van der Waals surface area contributed by atoms with Crippen LogP contribution in [0.3, 0.4) is 0 Å². The van der Waals surface area contributed by atoms with Crippen molar-refractivity contribution >= 4 is 21.6 Å². The lowest BCUT2D eigenvalue weighted by atomic mass is 10.1. The third-order valence-corrected chi connectivity index (χ3v) is 2.89. The van der Waals surface area contributed by atoms with E-state index in [1.54, 1.807) is 13.0 Å². The normalized spacial score (nSPS) is 13.9. The van der Waals surface area contributed by atoms with Crippen molar-refractivity contribution in [1.29, 1.82) is 0 Å². The molecule has 0 aliphatic carbocycles. The van der Waals surface area contributed by atoms with Crippen LogP contribution in [0.25, 0.3) is 0 Å². The summed E-state index contributed by atoms with van der Waals surface area (Å²) in [5.74, 6) is 0.0766. The van der Waals surface area contributed by atoms with Gasteiger partial charge < -0.3 is 14.6 Å². The number of hydrogen-bond acceptors (Lipinski definition) is 5. The highest BCUT2D eigenvalue weighted by Gasteiger charge is 2.24. The summed E-state index contributed by atoms with van der Waals surface area (Å²) in [6, 6.07) is 2.95. The van der Waals surface area contributed by atoms with Crippen LogP contribution in [0.2, 0.25) is 0 Å². The van der Waals surface area contributed by atoms with E-state index in [-0.39, 0.29) is 17.5 Å². The Morgan fingerprint density at radius 3 is 2.58 bits per heavy atom. The van der Waals surface area contributed by atoms with Crippen molar-refractivity contribution < 1.29 is 19.5 Å². The van der Waals surface area contributed by atoms with Gasteiger partial charge in [0, 0.05) is 23.2 Å². The molecule has 1 N–H and O–H groups in total. The Kier molecular flexibility index (Phi) is 5.71. The summed E-state index contributed by atoms with van der Waals surface area (Å²) in [7, 11) is 1.52. The van der Waals surface area contributed by atoms with Gasteiger partial charge in [-0.05, 0) is 19.9 Å². The van der Waals surface area contributed by atoms with Gasteiger partial charge in [-0.2, -0.15) is 0 Å². The number of nitro groups is 1. The maximum absolute atomic E-state index is 11.1. The minimum atomic E-state index is -0.874. The number of aliphatic hydroxyl groups is 1. The molecule has 7 heteroatoms. The summed E-state index contributed by atoms with van der Waals surface area (Å²) >= 11 is 3.18. The fourth-order valence-corrected chi connectivity index (χ4v) is 2.11. The number of nitrogens with zero attached hydrogens (tertiary/aromatic N) is 1. The molecule has 1 unspecified atom stereocenters. The number of rotatable bonds is 6. The first kappa shape index (κ1) is 15.9. The highest BCUT2D eigenvalue weighted by Crippen LogP contribution is 2.38. The second-order valence-electron chi connectivity index (χ2n) is 4.16. The molecule has 0 aliphatic rings. The molecule has 0 heterocycles. The largest absolute Gasteiger partial charge is 0.481 e. The van der Waals surface area contributed by atoms with Crippen LogP contribution in [-0.4, -0.2) is 29.9 Å². The zero-order chi connectivity index (χ0) is 14.6. The van der Waals surface area contributed by atoms with Crippen LogP contribution in [0.4, 0.5) is 5.69 Å². The highest BCUT2D eigenvalue weighted by atomic mass is 79.9. The van der Waals surface area contributed by atoms with Gasteiger partial charge >= 0.3 is 5.69 Å². The van der Waals surface area contributed by atoms with Crippen molar-refractivity contribution in [2.24, 2.45) is 0 Å². The summed E-state index contributed by atoms with van der Waals surface area (Å²) < 4.78 is 11.0. The van der Waals surface area contributed by atoms with Crippen molar-refractivity contribution in [3.63, 3.8) is 0 Å². The van der Waals surface area contributed by atoms with Crippen LogP contribution in [0, 0.1) is 10.1 Å². The Morgan fingerprint density at radius 1 is 1.47 bits per heavy atom. The fourth-order valence-electron chi connectivity index (χ4n) is 1.64. The lowest BCUT2D eigenvalue weighted by Gasteiger charge is -2.18. The molecular weight excluding hydrogens is 318 g/mol. The first-order valence-electron chi connectivity index (χ1n) is 5.68. The second-order valence-corrected chi connectivity index (χ2v) is 5.08. The number of methoxy groups -OCH3 is 1. The van der Waals surface area contributed by atoms with Crippen LogP contribution in [0.5, 0.6) is 5.75 Å². The van der Waals surface area contributed by atoms with E-state index in [0.717, 1.165) is 0 Å². The van der Waals surface area contributed by atoms with E-state index < -0.39 is 11.0 Å². The number of benzene rings is 1. The van der Waals surface area contributed by atoms with Gasteiger partial charge in [0.25, 0.3) is 0 Å². The average Bonchev–Trinajstić information content (AvgIpc) is 2.30. The van der Waals surface area contributed by atoms with E-state index in [9.17, 15) is 15.2 Å². The molecule has 2 atom stereocenters. The molecular formula is C12H16BrNO5. The Bertz CT molecular complexity index is 464. The lowest BCUT2D eigenvalue weighted by molar-refractivity contribution is -0.386. The van der Waals surface area contributed by atoms with Gasteiger partial charge in [0.2, 0.25) is 5.75 Å². The Morgan fingerprint density at radius 2 is 2.11 bits per heavy atom. The molecule has 0 aromatic heterocycles. The zero-order valence-electron chi connectivity index (χ0n) is 10.9. The lowest BCUT2D eigenvalue weighted by Crippen LogP contribution is -2.19. The van der Waals surface area contributed by atoms with Crippen molar-refractivity contribution in [2.75, 3.05) is 13.7 Å². The van der Waals surface area contributed by atoms with Crippen LogP contribution in [-0.2, 0) is 4.74 Å². The molecule has 0 saturated heterocycles. The van der Waals surface area contributed by atoms with Gasteiger partial charge in [-0.15, -0.1) is 0 Å². The molecule has 0 saturated carbocycles. The summed E-state index contributed by atoms with van der Waals surface area (Å²) in [6.45, 7) is 3.56. The molecule has 0 bridgehead atoms. The molecule has 6 nitrogen and oxygen atoms in total. The maximum atomic E-state index is 11.1. The van der Waals surface area contributed by atoms with Gasteiger partial charge in [0.1, 0.15) is 6.10 Å². The summed E-state index contributed by atoms with van der Waals surface area (Å²) in [5.41, 5.74) is 0.178. The molecule has 19 heavy (non-hydrogen) atoms. The Balaban J connectivity index is 3.27. The van der Waals surface area contributed by atoms with E-state index in [4.69, 9.17) is 9.47 Å². The number of hydrogen-bond donors (Lipinski definition) is 1. The topological polar surface area (TPSA) is 81.8 Å². The average molecular weight is 334 g/mol. The number of halogens is 1. The first-order chi connectivity index (χ1) is 8.86. The third kappa shape index (κ3) is 4.15. The molecule has 0 amide bonds. The van der Waals surface area contributed by atoms with E-state index in [1.807, 2.05) is 0 Å². The van der Waals surface area contributed by atoms with Crippen molar-refractivity contribution in [3.05, 3.63) is 32.3 Å². The molecule has 1 aromatic carbocycles. The van der Waals surface area contributed by atoms with Crippen LogP contribution >= 0.6 is 15.9 Å². The Hall–Kier alpha value is -1.18. The minimum Gasteiger partial charge on any atom is -0.481 e. The molecule has 0 fully saturated rings. The molecule has 1 aromatic rings. The highest BCUT2D eigenvalue weighted by molar-refractivity contribution is 9.10. The van der Waals surface area contributed by atoms with Crippen molar-refractivity contribution in [1.82, 2.24) is 0 Å². The summed E-state index contributed by atoms with van der Waals surface area (Å²) in [5, 5.41) is 20.8. The summed E-state index contributed by atoms with van der Waals surface area (Å²) in [4.78, 5) is 10.5. The van der Waals surface area contributed by atoms with E-state index >= 15 is 0 Å². The van der Waals surface area contributed by atoms with E-state index in [0.29, 0.717) is 16.6 Å². The van der Waals surface area contributed by atoms with Gasteiger partial charge in [-0.1, -0.05) is 15.9 Å². The van der Waals surface area contributed by atoms with Crippen molar-refractivity contribution in [2.45, 2.75) is 26.1 Å². The monoisotopic (exact) mass is 333 g/mol. The molecule has 106 valence electrons. The zero-order valence-corrected chi connectivity index (χ0v) is 12.5. The van der Waals surface area contributed by atoms with Gasteiger partial charge in [-0.25, -0.2) is 0 Å². The van der Waals surface area contributed by atoms with E-state index in [2.05, 4.69) is 15.9 Å². The number of ether oxygens (including phenoxy) is 2. The summed E-state index contributed by atoms with van der Waals surface area (Å²) in [6.07, 6.45) is -1.23. The van der Waals surface area contributed by atoms with Crippen molar-refractivity contribution in [3.8, 4) is 5.75 Å². The quantitative estimate of drug-likeness (QED) is 0.639. The van der Waals surface area contributed by atoms with Gasteiger partial charge in [0.05, 0.1) is 17.6 Å². The van der Waals surface area contributed by atoms with Crippen LogP contribution in [0.15, 0.2) is 16.6 Å². The van der Waals surface area contributed by atoms with Gasteiger partial charge in [-0.3, -0.25) is 10.1 Å². The third-order valence-electron chi connectivity index (χ3n) is 2.43. The molecule has 0 radical (unpaired) electrons. The maximum Gasteiger partial charge on any atom is 0.312 e. The molecule has 0 aliphatic heterocycles. The second kappa shape index (κ2) is 6.83. The van der Waals surface area contributed by atoms with Crippen LogP contribution < -0.4 is 4.74 Å². The van der Waals surface area contributed by atoms with E-state index in [1.165, 1.54) is 20.1 Å². The number of aliphatic hydroxyl groups excluding tert-OH is 1. The smallest absolute Gasteiger partial charge is 0.312 e. The predicted octanol–water partition coefficient (Wildman–Crippen LogP) is 2.82. The molecule has 1 rings (SSSR count). The first-order valence-corrected chi connectivity index (χ1v) is 6.47. The standard InChI is InChI=1S/C12H16BrNO5/c1-7(6-18-3)19-12-10(8(2)15)4-9(13)5-11(12)14(16)17/h4-5,7-8,15H,6H2,1-3H3/t7?,8-/m0/s1. The van der Waals surface area contributed by atoms with Crippen LogP contribution in [0.1, 0.15) is 25.5 Å². The fraction of sp³-hybridized carbons (Fsp3) is 0.500.